The van der Waals surface area contributed by atoms with E-state index >= 15 is 0 Å². The number of hydrogen-bond donors (Lipinski definition) is 1. The Morgan fingerprint density at radius 1 is 1.19 bits per heavy atom. The normalized spacial score (nSPS) is 22.4. The van der Waals surface area contributed by atoms with Crippen molar-refractivity contribution in [2.75, 3.05) is 16.8 Å². The van der Waals surface area contributed by atoms with Crippen LogP contribution >= 0.6 is 0 Å². The summed E-state index contributed by atoms with van der Waals surface area (Å²) in [5.41, 5.74) is 3.90. The van der Waals surface area contributed by atoms with Gasteiger partial charge in [0.25, 0.3) is 5.91 Å². The predicted molar refractivity (Wildman–Crippen MR) is 115 cm³/mol. The lowest BCUT2D eigenvalue weighted by molar-refractivity contribution is 0.0650. The highest BCUT2D eigenvalue weighted by Crippen LogP contribution is 2.38. The molecule has 0 bridgehead atoms. The first-order valence-corrected chi connectivity index (χ1v) is 12.1. The Balaban J connectivity index is 1.58. The molecule has 0 aliphatic carbocycles. The Kier molecular flexibility index (Phi) is 4.65. The first-order valence-electron chi connectivity index (χ1n) is 10.3. The molecule has 9 heteroatoms. The number of sulfone groups is 1. The summed E-state index contributed by atoms with van der Waals surface area (Å²) >= 11 is 0. The first kappa shape index (κ1) is 19.9. The van der Waals surface area contributed by atoms with Gasteiger partial charge >= 0.3 is 0 Å². The van der Waals surface area contributed by atoms with Gasteiger partial charge in [0.1, 0.15) is 11.9 Å². The van der Waals surface area contributed by atoms with Crippen LogP contribution in [0.15, 0.2) is 47.1 Å². The summed E-state index contributed by atoms with van der Waals surface area (Å²) in [6, 6.07) is 10.9. The zero-order valence-electron chi connectivity index (χ0n) is 17.4. The molecule has 0 unspecified atom stereocenters. The van der Waals surface area contributed by atoms with Crippen LogP contribution in [-0.2, 0) is 16.4 Å². The summed E-state index contributed by atoms with van der Waals surface area (Å²) in [6.45, 7) is 4.15. The molecule has 1 saturated heterocycles. The van der Waals surface area contributed by atoms with Gasteiger partial charge in [-0.1, -0.05) is 12.1 Å². The molecule has 8 nitrogen and oxygen atoms in total. The second kappa shape index (κ2) is 7.26. The van der Waals surface area contributed by atoms with Crippen LogP contribution in [0, 0.1) is 13.8 Å². The van der Waals surface area contributed by atoms with Crippen molar-refractivity contribution in [1.82, 2.24) is 14.7 Å². The molecule has 31 heavy (non-hydrogen) atoms. The predicted octanol–water partition coefficient (Wildman–Crippen LogP) is 3.22. The number of benzene rings is 1. The molecule has 2 atom stereocenters. The van der Waals surface area contributed by atoms with E-state index in [2.05, 4.69) is 5.32 Å². The standard InChI is InChI=1S/C22H24N4O4S/c1-14-20(15(2)26(24-14)16-9-11-31(28,29)13-16)21-23-19-8-4-3-7-18(19)22(27)25(21)12-17-6-5-10-30-17/h3-8,10,16,21,23H,9,11-13H2,1-2H3/t16-,21+/m0/s1. The number of carbonyl (C=O) groups excluding carboxylic acids is 1. The molecule has 162 valence electrons. The molecule has 1 aromatic carbocycles. The second-order valence-corrected chi connectivity index (χ2v) is 10.4. The largest absolute Gasteiger partial charge is 0.467 e. The highest BCUT2D eigenvalue weighted by Gasteiger charge is 2.38. The smallest absolute Gasteiger partial charge is 0.258 e. The minimum atomic E-state index is -3.04. The van der Waals surface area contributed by atoms with E-state index in [-0.39, 0.29) is 23.5 Å². The van der Waals surface area contributed by atoms with E-state index in [9.17, 15) is 13.2 Å². The number of carbonyl (C=O) groups is 1. The molecule has 2 aromatic heterocycles. The number of fused-ring (bicyclic) bond motifs is 1. The van der Waals surface area contributed by atoms with Gasteiger partial charge in [0.05, 0.1) is 41.6 Å². The van der Waals surface area contributed by atoms with Crippen molar-refractivity contribution in [2.45, 2.75) is 39.0 Å². The molecule has 2 aliphatic heterocycles. The third-order valence-corrected chi connectivity index (χ3v) is 7.89. The fraction of sp³-hybridized carbons (Fsp3) is 0.364. The van der Waals surface area contributed by atoms with Crippen molar-refractivity contribution in [2.24, 2.45) is 0 Å². The van der Waals surface area contributed by atoms with Crippen LogP contribution < -0.4 is 5.32 Å². The van der Waals surface area contributed by atoms with Gasteiger partial charge in [-0.3, -0.25) is 9.48 Å². The minimum Gasteiger partial charge on any atom is -0.467 e. The minimum absolute atomic E-state index is 0.0919. The van der Waals surface area contributed by atoms with Crippen molar-refractivity contribution in [1.29, 1.82) is 0 Å². The number of rotatable bonds is 4. The van der Waals surface area contributed by atoms with Crippen molar-refractivity contribution in [3.05, 3.63) is 70.9 Å². The van der Waals surface area contributed by atoms with Crippen LogP contribution in [0.4, 0.5) is 5.69 Å². The van der Waals surface area contributed by atoms with Gasteiger partial charge in [-0.05, 0) is 44.5 Å². The third-order valence-electron chi connectivity index (χ3n) is 6.14. The summed E-state index contributed by atoms with van der Waals surface area (Å²) in [5.74, 6) is 0.878. The molecular weight excluding hydrogens is 416 g/mol. The van der Waals surface area contributed by atoms with E-state index in [0.717, 1.165) is 22.6 Å². The van der Waals surface area contributed by atoms with Gasteiger partial charge < -0.3 is 14.6 Å². The molecular formula is C22H24N4O4S. The summed E-state index contributed by atoms with van der Waals surface area (Å²) in [7, 11) is -3.04. The Morgan fingerprint density at radius 3 is 2.71 bits per heavy atom. The van der Waals surface area contributed by atoms with E-state index in [1.807, 2.05) is 48.9 Å². The van der Waals surface area contributed by atoms with Crippen molar-refractivity contribution >= 4 is 21.4 Å². The number of anilines is 1. The van der Waals surface area contributed by atoms with Gasteiger partial charge in [0, 0.05) is 16.9 Å². The third kappa shape index (κ3) is 3.42. The number of furan rings is 1. The lowest BCUT2D eigenvalue weighted by Gasteiger charge is -2.37. The molecule has 5 rings (SSSR count). The van der Waals surface area contributed by atoms with Gasteiger partial charge in [-0.25, -0.2) is 8.42 Å². The lowest BCUT2D eigenvalue weighted by Crippen LogP contribution is -2.42. The number of amides is 1. The van der Waals surface area contributed by atoms with Crippen LogP contribution in [0.25, 0.3) is 0 Å². The SMILES string of the molecule is Cc1nn([C@H]2CCS(=O)(=O)C2)c(C)c1[C@@H]1Nc2ccccc2C(=O)N1Cc1ccco1. The van der Waals surface area contributed by atoms with Crippen LogP contribution in [0.3, 0.4) is 0 Å². The topological polar surface area (TPSA) is 97.4 Å². The Hall–Kier alpha value is -3.07. The molecule has 1 fully saturated rings. The average Bonchev–Trinajstić information content (AvgIpc) is 3.44. The maximum absolute atomic E-state index is 13.4. The summed E-state index contributed by atoms with van der Waals surface area (Å²) in [4.78, 5) is 15.2. The quantitative estimate of drug-likeness (QED) is 0.669. The van der Waals surface area contributed by atoms with Crippen molar-refractivity contribution in [3.8, 4) is 0 Å². The van der Waals surface area contributed by atoms with Gasteiger partial charge in [0.2, 0.25) is 0 Å². The molecule has 0 saturated carbocycles. The molecule has 4 heterocycles. The van der Waals surface area contributed by atoms with E-state index in [1.54, 1.807) is 17.2 Å². The van der Waals surface area contributed by atoms with Gasteiger partial charge in [0.15, 0.2) is 9.84 Å². The van der Waals surface area contributed by atoms with Crippen LogP contribution in [0.5, 0.6) is 0 Å². The highest BCUT2D eigenvalue weighted by atomic mass is 32.2. The fourth-order valence-corrected chi connectivity index (χ4v) is 6.34. The zero-order chi connectivity index (χ0) is 21.8. The lowest BCUT2D eigenvalue weighted by atomic mass is 10.0. The van der Waals surface area contributed by atoms with Gasteiger partial charge in [-0.2, -0.15) is 5.10 Å². The molecule has 1 N–H and O–H groups in total. The second-order valence-electron chi connectivity index (χ2n) is 8.19. The number of nitrogens with one attached hydrogen (secondary N) is 1. The Labute approximate surface area is 180 Å². The molecule has 1 amide bonds. The van der Waals surface area contributed by atoms with Crippen LogP contribution in [-0.4, -0.2) is 40.5 Å². The van der Waals surface area contributed by atoms with E-state index in [4.69, 9.17) is 9.52 Å². The van der Waals surface area contributed by atoms with Gasteiger partial charge in [-0.15, -0.1) is 0 Å². The number of nitrogens with zero attached hydrogens (tertiary/aromatic N) is 3. The van der Waals surface area contributed by atoms with E-state index < -0.39 is 16.0 Å². The Morgan fingerprint density at radius 2 is 2.00 bits per heavy atom. The fourth-order valence-electron chi connectivity index (χ4n) is 4.65. The first-order chi connectivity index (χ1) is 14.8. The van der Waals surface area contributed by atoms with Crippen molar-refractivity contribution < 1.29 is 17.6 Å². The zero-order valence-corrected chi connectivity index (χ0v) is 18.2. The number of para-hydroxylation sites is 1. The average molecular weight is 441 g/mol. The summed E-state index contributed by atoms with van der Waals surface area (Å²) in [6.07, 6.45) is 1.70. The summed E-state index contributed by atoms with van der Waals surface area (Å²) in [5, 5.41) is 8.20. The van der Waals surface area contributed by atoms with Crippen LogP contribution in [0.2, 0.25) is 0 Å². The van der Waals surface area contributed by atoms with E-state index in [0.29, 0.717) is 24.3 Å². The maximum atomic E-state index is 13.4. The number of hydrogen-bond acceptors (Lipinski definition) is 6. The number of aromatic nitrogens is 2. The van der Waals surface area contributed by atoms with Crippen molar-refractivity contribution in [3.63, 3.8) is 0 Å². The van der Waals surface area contributed by atoms with E-state index in [1.165, 1.54) is 0 Å². The Bertz CT molecular complexity index is 1250. The molecule has 0 radical (unpaired) electrons. The number of aryl methyl sites for hydroxylation is 1. The molecule has 2 aliphatic rings. The monoisotopic (exact) mass is 440 g/mol. The van der Waals surface area contributed by atoms with Crippen LogP contribution in [0.1, 0.15) is 51.7 Å². The summed E-state index contributed by atoms with van der Waals surface area (Å²) < 4.78 is 31.4. The molecule has 0 spiro atoms. The highest BCUT2D eigenvalue weighted by molar-refractivity contribution is 7.91. The molecule has 3 aromatic rings. The maximum Gasteiger partial charge on any atom is 0.258 e.